The molecule has 2 rings (SSSR count). The van der Waals surface area contributed by atoms with Gasteiger partial charge in [-0.05, 0) is 51.3 Å². The Morgan fingerprint density at radius 3 is 2.59 bits per heavy atom. The second kappa shape index (κ2) is 5.94. The fourth-order valence-electron chi connectivity index (χ4n) is 2.61. The van der Waals surface area contributed by atoms with E-state index in [2.05, 4.69) is 5.32 Å². The van der Waals surface area contributed by atoms with E-state index in [4.69, 9.17) is 9.47 Å². The summed E-state index contributed by atoms with van der Waals surface area (Å²) >= 11 is 0. The molecule has 0 saturated heterocycles. The maximum absolute atomic E-state index is 14.1. The van der Waals surface area contributed by atoms with Crippen LogP contribution in [0.3, 0.4) is 0 Å². The Labute approximate surface area is 128 Å². The largest absolute Gasteiger partial charge is 0.465 e. The highest BCUT2D eigenvalue weighted by molar-refractivity contribution is 5.91. The zero-order valence-electron chi connectivity index (χ0n) is 13.2. The molecule has 6 heteroatoms. The molecule has 1 atom stereocenters. The number of halogens is 1. The topological polar surface area (TPSA) is 64.6 Å². The van der Waals surface area contributed by atoms with E-state index >= 15 is 0 Å². The first-order chi connectivity index (χ1) is 10.2. The molecule has 1 N–H and O–H groups in total. The van der Waals surface area contributed by atoms with Gasteiger partial charge in [0.15, 0.2) is 0 Å². The van der Waals surface area contributed by atoms with Crippen molar-refractivity contribution >= 4 is 12.1 Å². The van der Waals surface area contributed by atoms with E-state index < -0.39 is 29.5 Å². The van der Waals surface area contributed by atoms with E-state index in [1.165, 1.54) is 19.2 Å². The molecule has 5 nitrogen and oxygen atoms in total. The molecule has 0 spiro atoms. The highest BCUT2D eigenvalue weighted by atomic mass is 19.1. The van der Waals surface area contributed by atoms with E-state index in [9.17, 15) is 14.0 Å². The lowest BCUT2D eigenvalue weighted by Gasteiger charge is -2.22. The van der Waals surface area contributed by atoms with Crippen LogP contribution in [-0.4, -0.2) is 24.8 Å². The van der Waals surface area contributed by atoms with Crippen molar-refractivity contribution in [2.75, 3.05) is 7.11 Å². The van der Waals surface area contributed by atoms with Gasteiger partial charge in [0.1, 0.15) is 11.4 Å². The van der Waals surface area contributed by atoms with Crippen LogP contribution in [0.4, 0.5) is 9.18 Å². The summed E-state index contributed by atoms with van der Waals surface area (Å²) in [5, 5.41) is 2.66. The maximum Gasteiger partial charge on any atom is 0.408 e. The molecule has 120 valence electrons. The summed E-state index contributed by atoms with van der Waals surface area (Å²) in [4.78, 5) is 23.6. The summed E-state index contributed by atoms with van der Waals surface area (Å²) in [6.07, 6.45) is 0.408. The van der Waals surface area contributed by atoms with Crippen molar-refractivity contribution in [2.45, 2.75) is 45.3 Å². The Morgan fingerprint density at radius 2 is 2.00 bits per heavy atom. The molecule has 1 amide bonds. The van der Waals surface area contributed by atoms with Crippen molar-refractivity contribution in [2.24, 2.45) is 0 Å². The van der Waals surface area contributed by atoms with E-state index in [1.54, 1.807) is 20.8 Å². The lowest BCUT2D eigenvalue weighted by atomic mass is 10.0. The van der Waals surface area contributed by atoms with E-state index in [0.717, 1.165) is 0 Å². The van der Waals surface area contributed by atoms with E-state index in [1.807, 2.05) is 0 Å². The molecule has 0 unspecified atom stereocenters. The predicted molar refractivity (Wildman–Crippen MR) is 78.2 cm³/mol. The van der Waals surface area contributed by atoms with Crippen molar-refractivity contribution in [1.82, 2.24) is 5.32 Å². The molecule has 0 heterocycles. The van der Waals surface area contributed by atoms with Gasteiger partial charge < -0.3 is 14.8 Å². The molecule has 1 aromatic rings. The summed E-state index contributed by atoms with van der Waals surface area (Å²) in [7, 11) is 1.28. The van der Waals surface area contributed by atoms with Crippen LogP contribution < -0.4 is 5.32 Å². The first-order valence-corrected chi connectivity index (χ1v) is 7.12. The highest BCUT2D eigenvalue weighted by Gasteiger charge is 2.32. The molecule has 0 aromatic heterocycles. The smallest absolute Gasteiger partial charge is 0.408 e. The van der Waals surface area contributed by atoms with Crippen molar-refractivity contribution in [3.8, 4) is 0 Å². The van der Waals surface area contributed by atoms with Crippen molar-refractivity contribution in [3.63, 3.8) is 0 Å². The second-order valence-corrected chi connectivity index (χ2v) is 6.22. The second-order valence-electron chi connectivity index (χ2n) is 6.22. The molecule has 22 heavy (non-hydrogen) atoms. The number of methoxy groups -OCH3 is 1. The standard InChI is InChI=1S/C16H20FNO4/c1-16(2,3)22-15(20)18-12-8-6-9-10(14(19)21-4)5-7-11(17)13(9)12/h5,7,12H,6,8H2,1-4H3,(H,18,20)/t12-/m0/s1. The maximum atomic E-state index is 14.1. The third-order valence-electron chi connectivity index (χ3n) is 3.43. The number of ether oxygens (including phenoxy) is 2. The van der Waals surface area contributed by atoms with Gasteiger partial charge in [-0.2, -0.15) is 0 Å². The highest BCUT2D eigenvalue weighted by Crippen LogP contribution is 2.35. The van der Waals surface area contributed by atoms with Crippen LogP contribution in [0.2, 0.25) is 0 Å². The first kappa shape index (κ1) is 16.3. The van der Waals surface area contributed by atoms with Gasteiger partial charge >= 0.3 is 12.1 Å². The van der Waals surface area contributed by atoms with Gasteiger partial charge in [-0.1, -0.05) is 0 Å². The zero-order chi connectivity index (χ0) is 16.5. The van der Waals surface area contributed by atoms with Gasteiger partial charge in [0.25, 0.3) is 0 Å². The number of esters is 1. The Kier molecular flexibility index (Phi) is 4.39. The van der Waals surface area contributed by atoms with Gasteiger partial charge in [0.05, 0.1) is 18.7 Å². The van der Waals surface area contributed by atoms with Crippen LogP contribution in [0.1, 0.15) is 54.7 Å². The third-order valence-corrected chi connectivity index (χ3v) is 3.43. The fraction of sp³-hybridized carbons (Fsp3) is 0.500. The number of amides is 1. The van der Waals surface area contributed by atoms with E-state index in [-0.39, 0.29) is 0 Å². The number of alkyl carbamates (subject to hydrolysis) is 1. The molecule has 0 aliphatic heterocycles. The van der Waals surface area contributed by atoms with Gasteiger partial charge in [0, 0.05) is 5.56 Å². The lowest BCUT2D eigenvalue weighted by molar-refractivity contribution is 0.0502. The summed E-state index contributed by atoms with van der Waals surface area (Å²) in [6, 6.07) is 2.13. The van der Waals surface area contributed by atoms with Crippen LogP contribution in [0.25, 0.3) is 0 Å². The number of benzene rings is 1. The Hall–Kier alpha value is -2.11. The summed E-state index contributed by atoms with van der Waals surface area (Å²) in [6.45, 7) is 5.27. The van der Waals surface area contributed by atoms with Crippen LogP contribution >= 0.6 is 0 Å². The van der Waals surface area contributed by atoms with Crippen LogP contribution in [-0.2, 0) is 15.9 Å². The molecule has 0 fully saturated rings. The minimum atomic E-state index is -0.627. The van der Waals surface area contributed by atoms with Crippen LogP contribution in [0.5, 0.6) is 0 Å². The molecule has 0 bridgehead atoms. The van der Waals surface area contributed by atoms with Gasteiger partial charge in [-0.3, -0.25) is 0 Å². The van der Waals surface area contributed by atoms with Crippen LogP contribution in [0, 0.1) is 5.82 Å². The summed E-state index contributed by atoms with van der Waals surface area (Å²) in [5.74, 6) is -0.949. The Morgan fingerprint density at radius 1 is 1.32 bits per heavy atom. The number of carbonyl (C=O) groups excluding carboxylic acids is 2. The van der Waals surface area contributed by atoms with Crippen molar-refractivity contribution in [3.05, 3.63) is 34.6 Å². The normalized spacial score (nSPS) is 16.9. The summed E-state index contributed by atoms with van der Waals surface area (Å²) in [5.41, 5.74) is 0.645. The first-order valence-electron chi connectivity index (χ1n) is 7.12. The Balaban J connectivity index is 2.25. The Bertz CT molecular complexity index is 607. The van der Waals surface area contributed by atoms with Gasteiger partial charge in [0.2, 0.25) is 0 Å². The fourth-order valence-corrected chi connectivity index (χ4v) is 2.61. The molecule has 0 saturated carbocycles. The minimum Gasteiger partial charge on any atom is -0.465 e. The number of fused-ring (bicyclic) bond motifs is 1. The number of rotatable bonds is 2. The van der Waals surface area contributed by atoms with Gasteiger partial charge in [-0.25, -0.2) is 14.0 Å². The third kappa shape index (κ3) is 3.37. The van der Waals surface area contributed by atoms with Gasteiger partial charge in [-0.15, -0.1) is 0 Å². The predicted octanol–water partition coefficient (Wildman–Crippen LogP) is 3.12. The monoisotopic (exact) mass is 309 g/mol. The average Bonchev–Trinajstić information content (AvgIpc) is 2.81. The molecule has 1 aliphatic rings. The SMILES string of the molecule is COC(=O)c1ccc(F)c2c1CC[C@@H]2NC(=O)OC(C)(C)C. The van der Waals surface area contributed by atoms with Crippen LogP contribution in [0.15, 0.2) is 12.1 Å². The molecule has 1 aromatic carbocycles. The quantitative estimate of drug-likeness (QED) is 0.853. The van der Waals surface area contributed by atoms with Crippen molar-refractivity contribution in [1.29, 1.82) is 0 Å². The zero-order valence-corrected chi connectivity index (χ0v) is 13.2. The molecule has 1 aliphatic carbocycles. The summed E-state index contributed by atoms with van der Waals surface area (Å²) < 4.78 is 24.0. The lowest BCUT2D eigenvalue weighted by Crippen LogP contribution is -2.34. The molecular formula is C16H20FNO4. The number of carbonyl (C=O) groups is 2. The van der Waals surface area contributed by atoms with E-state index in [0.29, 0.717) is 29.5 Å². The number of nitrogens with one attached hydrogen (secondary N) is 1. The van der Waals surface area contributed by atoms with Crippen molar-refractivity contribution < 1.29 is 23.5 Å². The number of hydrogen-bond acceptors (Lipinski definition) is 4. The molecular weight excluding hydrogens is 289 g/mol. The average molecular weight is 309 g/mol. The minimum absolute atomic E-state index is 0.340. The number of hydrogen-bond donors (Lipinski definition) is 1. The molecule has 0 radical (unpaired) electrons.